The molecule has 2 aliphatic rings. The Balaban J connectivity index is 1.77. The lowest BCUT2D eigenvalue weighted by Crippen LogP contribution is -2.29. The van der Waals surface area contributed by atoms with Crippen LogP contribution in [-0.4, -0.2) is 6.61 Å². The quantitative estimate of drug-likeness (QED) is 0.809. The minimum Gasteiger partial charge on any atom is -0.378 e. The summed E-state index contributed by atoms with van der Waals surface area (Å²) in [4.78, 5) is 0. The normalized spacial score (nSPS) is 26.9. The third-order valence-corrected chi connectivity index (χ3v) is 4.87. The Morgan fingerprint density at radius 3 is 2.76 bits per heavy atom. The van der Waals surface area contributed by atoms with E-state index in [0.717, 1.165) is 18.1 Å². The lowest BCUT2D eigenvalue weighted by molar-refractivity contribution is 0.0829. The van der Waals surface area contributed by atoms with Gasteiger partial charge in [-0.15, -0.1) is 0 Å². The van der Waals surface area contributed by atoms with Crippen LogP contribution in [0.2, 0.25) is 5.02 Å². The maximum atomic E-state index is 6.05. The van der Waals surface area contributed by atoms with Gasteiger partial charge in [0.1, 0.15) is 0 Å². The lowest BCUT2D eigenvalue weighted by Gasteiger charge is -2.36. The monoisotopic (exact) mass is 299 g/mol. The van der Waals surface area contributed by atoms with E-state index in [1.165, 1.54) is 22.4 Å². The highest BCUT2D eigenvalue weighted by Crippen LogP contribution is 2.49. The molecule has 2 heterocycles. The fraction of sp³-hybridized carbons (Fsp3) is 0.333. The van der Waals surface area contributed by atoms with E-state index in [0.29, 0.717) is 12.0 Å². The van der Waals surface area contributed by atoms with Crippen LogP contribution >= 0.6 is 11.6 Å². The smallest absolute Gasteiger partial charge is 0.0896 e. The molecule has 2 aromatic rings. The SMILES string of the molecule is Cc1ccc2c(c1)[C@H]1OCC[C@H]1[C@H](c1ccc(Cl)cc1)N2. The van der Waals surface area contributed by atoms with Crippen LogP contribution in [0.1, 0.15) is 35.3 Å². The van der Waals surface area contributed by atoms with Crippen LogP contribution in [0, 0.1) is 12.8 Å². The number of ether oxygens (including phenoxy) is 1. The van der Waals surface area contributed by atoms with Gasteiger partial charge in [0, 0.05) is 28.8 Å². The number of hydrogen-bond acceptors (Lipinski definition) is 2. The molecule has 1 saturated heterocycles. The number of rotatable bonds is 1. The average Bonchev–Trinajstić information content (AvgIpc) is 2.97. The summed E-state index contributed by atoms with van der Waals surface area (Å²) in [7, 11) is 0. The first-order valence-electron chi connectivity index (χ1n) is 7.46. The molecule has 3 heteroatoms. The number of fused-ring (bicyclic) bond motifs is 3. The van der Waals surface area contributed by atoms with Gasteiger partial charge >= 0.3 is 0 Å². The Bertz CT molecular complexity index is 667. The van der Waals surface area contributed by atoms with Gasteiger partial charge in [-0.1, -0.05) is 41.4 Å². The number of anilines is 1. The van der Waals surface area contributed by atoms with Crippen LogP contribution < -0.4 is 5.32 Å². The Kier molecular flexibility index (Phi) is 3.16. The van der Waals surface area contributed by atoms with Crippen LogP contribution in [0.15, 0.2) is 42.5 Å². The molecule has 0 amide bonds. The molecule has 1 N–H and O–H groups in total. The van der Waals surface area contributed by atoms with Gasteiger partial charge in [0.15, 0.2) is 0 Å². The summed E-state index contributed by atoms with van der Waals surface area (Å²) in [6.45, 7) is 2.98. The highest BCUT2D eigenvalue weighted by molar-refractivity contribution is 6.30. The summed E-state index contributed by atoms with van der Waals surface area (Å²) in [5.41, 5.74) is 5.08. The molecule has 0 aromatic heterocycles. The van der Waals surface area contributed by atoms with Gasteiger partial charge in [-0.25, -0.2) is 0 Å². The Morgan fingerprint density at radius 1 is 1.14 bits per heavy atom. The maximum Gasteiger partial charge on any atom is 0.0896 e. The summed E-state index contributed by atoms with van der Waals surface area (Å²) >= 11 is 6.02. The molecule has 0 unspecified atom stereocenters. The molecule has 108 valence electrons. The molecule has 0 radical (unpaired) electrons. The van der Waals surface area contributed by atoms with Gasteiger partial charge < -0.3 is 10.1 Å². The number of benzene rings is 2. The maximum absolute atomic E-state index is 6.05. The van der Waals surface area contributed by atoms with E-state index in [4.69, 9.17) is 16.3 Å². The topological polar surface area (TPSA) is 21.3 Å². The van der Waals surface area contributed by atoms with Crippen molar-refractivity contribution in [3.8, 4) is 0 Å². The third-order valence-electron chi connectivity index (χ3n) is 4.62. The van der Waals surface area contributed by atoms with E-state index in [1.807, 2.05) is 12.1 Å². The first-order valence-corrected chi connectivity index (χ1v) is 7.84. The third kappa shape index (κ3) is 2.23. The first kappa shape index (κ1) is 13.2. The van der Waals surface area contributed by atoms with Gasteiger partial charge in [0.25, 0.3) is 0 Å². The molecule has 0 saturated carbocycles. The van der Waals surface area contributed by atoms with Gasteiger partial charge in [-0.3, -0.25) is 0 Å². The number of hydrogen-bond donors (Lipinski definition) is 1. The molecule has 0 bridgehead atoms. The summed E-state index contributed by atoms with van der Waals surface area (Å²) < 4.78 is 6.05. The molecule has 0 aliphatic carbocycles. The lowest BCUT2D eigenvalue weighted by atomic mass is 9.80. The van der Waals surface area contributed by atoms with Crippen LogP contribution in [0.3, 0.4) is 0 Å². The van der Waals surface area contributed by atoms with Crippen molar-refractivity contribution in [1.29, 1.82) is 0 Å². The molecule has 2 aliphatic heterocycles. The predicted octanol–water partition coefficient (Wildman–Crippen LogP) is 4.89. The molecule has 0 spiro atoms. The molecule has 4 rings (SSSR count). The Morgan fingerprint density at radius 2 is 1.95 bits per heavy atom. The second-order valence-electron chi connectivity index (χ2n) is 6.01. The molecule has 2 nitrogen and oxygen atoms in total. The number of halogens is 1. The van der Waals surface area contributed by atoms with Crippen LogP contribution in [0.25, 0.3) is 0 Å². The number of aryl methyl sites for hydroxylation is 1. The van der Waals surface area contributed by atoms with Gasteiger partial charge in [0.05, 0.1) is 12.1 Å². The average molecular weight is 300 g/mol. The Hall–Kier alpha value is -1.51. The second kappa shape index (κ2) is 5.04. The summed E-state index contributed by atoms with van der Waals surface area (Å²) in [6.07, 6.45) is 1.31. The Labute approximate surface area is 130 Å². The zero-order chi connectivity index (χ0) is 14.4. The first-order chi connectivity index (χ1) is 10.2. The van der Waals surface area contributed by atoms with Crippen molar-refractivity contribution in [2.24, 2.45) is 5.92 Å². The molecule has 1 fully saturated rings. The molecule has 2 aromatic carbocycles. The van der Waals surface area contributed by atoms with E-state index in [1.54, 1.807) is 0 Å². The standard InChI is InChI=1S/C18H18ClNO/c1-11-2-7-16-15(10-11)18-14(8-9-21-18)17(20-16)12-3-5-13(19)6-4-12/h2-7,10,14,17-18,20H,8-9H2,1H3/t14-,17-,18-/m0/s1. The molecular weight excluding hydrogens is 282 g/mol. The van der Waals surface area contributed by atoms with E-state index >= 15 is 0 Å². The minimum absolute atomic E-state index is 0.210. The minimum atomic E-state index is 0.210. The highest BCUT2D eigenvalue weighted by Gasteiger charge is 2.41. The fourth-order valence-electron chi connectivity index (χ4n) is 3.59. The zero-order valence-electron chi connectivity index (χ0n) is 12.0. The van der Waals surface area contributed by atoms with Crippen molar-refractivity contribution in [2.75, 3.05) is 11.9 Å². The van der Waals surface area contributed by atoms with Crippen LogP contribution in [-0.2, 0) is 4.74 Å². The predicted molar refractivity (Wildman–Crippen MR) is 85.8 cm³/mol. The molecule has 3 atom stereocenters. The van der Waals surface area contributed by atoms with Crippen LogP contribution in [0.4, 0.5) is 5.69 Å². The van der Waals surface area contributed by atoms with Crippen molar-refractivity contribution >= 4 is 17.3 Å². The fourth-order valence-corrected chi connectivity index (χ4v) is 3.72. The zero-order valence-corrected chi connectivity index (χ0v) is 12.7. The van der Waals surface area contributed by atoms with Crippen molar-refractivity contribution in [3.05, 3.63) is 64.2 Å². The number of nitrogens with one attached hydrogen (secondary N) is 1. The van der Waals surface area contributed by atoms with Gasteiger partial charge in [-0.05, 0) is 37.1 Å². The second-order valence-corrected chi connectivity index (χ2v) is 6.44. The summed E-state index contributed by atoms with van der Waals surface area (Å²) in [6, 6.07) is 15.0. The van der Waals surface area contributed by atoms with Crippen LogP contribution in [0.5, 0.6) is 0 Å². The summed E-state index contributed by atoms with van der Waals surface area (Å²) in [5, 5.41) is 4.49. The largest absolute Gasteiger partial charge is 0.378 e. The van der Waals surface area contributed by atoms with E-state index in [9.17, 15) is 0 Å². The van der Waals surface area contributed by atoms with Crippen molar-refractivity contribution in [1.82, 2.24) is 0 Å². The van der Waals surface area contributed by atoms with E-state index in [2.05, 4.69) is 42.6 Å². The van der Waals surface area contributed by atoms with Crippen molar-refractivity contribution in [2.45, 2.75) is 25.5 Å². The van der Waals surface area contributed by atoms with E-state index < -0.39 is 0 Å². The van der Waals surface area contributed by atoms with Gasteiger partial charge in [-0.2, -0.15) is 0 Å². The molecular formula is C18H18ClNO. The van der Waals surface area contributed by atoms with Gasteiger partial charge in [0.2, 0.25) is 0 Å². The molecule has 21 heavy (non-hydrogen) atoms. The highest BCUT2D eigenvalue weighted by atomic mass is 35.5. The van der Waals surface area contributed by atoms with Crippen molar-refractivity contribution in [3.63, 3.8) is 0 Å². The summed E-state index contributed by atoms with van der Waals surface area (Å²) in [5.74, 6) is 0.487. The van der Waals surface area contributed by atoms with Crippen molar-refractivity contribution < 1.29 is 4.74 Å². The van der Waals surface area contributed by atoms with E-state index in [-0.39, 0.29) is 6.10 Å².